The van der Waals surface area contributed by atoms with Gasteiger partial charge in [-0.3, -0.25) is 4.79 Å². The lowest BCUT2D eigenvalue weighted by molar-refractivity contribution is -0.143. The zero-order valence-electron chi connectivity index (χ0n) is 7.19. The summed E-state index contributed by atoms with van der Waals surface area (Å²) < 4.78 is 34.7. The van der Waals surface area contributed by atoms with Gasteiger partial charge in [-0.1, -0.05) is 13.3 Å². The second kappa shape index (κ2) is 5.06. The molecular formula is C7H12F3NO2. The summed E-state index contributed by atoms with van der Waals surface area (Å²) in [6, 6.07) is 0. The number of hydrogen-bond donors (Lipinski definition) is 2. The molecule has 0 aromatic rings. The summed E-state index contributed by atoms with van der Waals surface area (Å²) in [5.41, 5.74) is 0. The van der Waals surface area contributed by atoms with E-state index in [2.05, 4.69) is 0 Å². The second-order valence-corrected chi connectivity index (χ2v) is 2.64. The quantitative estimate of drug-likeness (QED) is 0.704. The monoisotopic (exact) mass is 199 g/mol. The maximum absolute atomic E-state index is 11.6. The smallest absolute Gasteiger partial charge is 0.383 e. The molecule has 0 heterocycles. The molecule has 0 spiro atoms. The predicted octanol–water partition coefficient (Wildman–Crippen LogP) is 0.826. The number of aliphatic hydroxyl groups excluding tert-OH is 1. The van der Waals surface area contributed by atoms with Crippen molar-refractivity contribution in [2.75, 3.05) is 6.54 Å². The Labute approximate surface area is 73.9 Å². The van der Waals surface area contributed by atoms with Crippen LogP contribution in [0.2, 0.25) is 0 Å². The van der Waals surface area contributed by atoms with E-state index in [1.165, 1.54) is 0 Å². The standard InChI is InChI=1S/C7H12F3NO2/c1-2-3-5(12)6(13)11-4-7(8,9)10/h5,12H,2-4H2,1H3,(H,11,13). The first-order valence-electron chi connectivity index (χ1n) is 3.89. The lowest BCUT2D eigenvalue weighted by atomic mass is 10.2. The Morgan fingerprint density at radius 2 is 2.08 bits per heavy atom. The van der Waals surface area contributed by atoms with Crippen LogP contribution in [0.1, 0.15) is 19.8 Å². The molecule has 0 aliphatic heterocycles. The fourth-order valence-electron chi connectivity index (χ4n) is 0.710. The summed E-state index contributed by atoms with van der Waals surface area (Å²) in [5.74, 6) is -0.973. The van der Waals surface area contributed by atoms with Gasteiger partial charge in [0, 0.05) is 0 Å². The molecule has 1 atom stereocenters. The van der Waals surface area contributed by atoms with Gasteiger partial charge < -0.3 is 10.4 Å². The Morgan fingerprint density at radius 3 is 2.46 bits per heavy atom. The van der Waals surface area contributed by atoms with Gasteiger partial charge in [0.05, 0.1) is 0 Å². The number of amides is 1. The van der Waals surface area contributed by atoms with Crippen LogP contribution >= 0.6 is 0 Å². The van der Waals surface area contributed by atoms with E-state index in [4.69, 9.17) is 5.11 Å². The van der Waals surface area contributed by atoms with Crippen LogP contribution in [-0.4, -0.2) is 29.8 Å². The van der Waals surface area contributed by atoms with Gasteiger partial charge in [-0.15, -0.1) is 0 Å². The molecule has 0 saturated heterocycles. The molecule has 3 nitrogen and oxygen atoms in total. The van der Waals surface area contributed by atoms with Crippen molar-refractivity contribution >= 4 is 5.91 Å². The van der Waals surface area contributed by atoms with Crippen molar-refractivity contribution in [2.24, 2.45) is 0 Å². The van der Waals surface area contributed by atoms with Crippen molar-refractivity contribution in [2.45, 2.75) is 32.0 Å². The van der Waals surface area contributed by atoms with Crippen LogP contribution in [0.3, 0.4) is 0 Å². The summed E-state index contributed by atoms with van der Waals surface area (Å²) in [6.07, 6.45) is -5.06. The topological polar surface area (TPSA) is 49.3 Å². The van der Waals surface area contributed by atoms with E-state index in [9.17, 15) is 18.0 Å². The maximum atomic E-state index is 11.6. The first-order valence-corrected chi connectivity index (χ1v) is 3.89. The van der Waals surface area contributed by atoms with E-state index in [1.807, 2.05) is 0 Å². The zero-order valence-corrected chi connectivity index (χ0v) is 7.19. The van der Waals surface area contributed by atoms with Gasteiger partial charge in [-0.2, -0.15) is 13.2 Å². The number of carbonyl (C=O) groups is 1. The van der Waals surface area contributed by atoms with Crippen LogP contribution in [0.4, 0.5) is 13.2 Å². The number of nitrogens with one attached hydrogen (secondary N) is 1. The van der Waals surface area contributed by atoms with Gasteiger partial charge in [0.25, 0.3) is 0 Å². The Balaban J connectivity index is 3.74. The maximum Gasteiger partial charge on any atom is 0.405 e. The molecule has 0 aliphatic rings. The minimum Gasteiger partial charge on any atom is -0.383 e. The second-order valence-electron chi connectivity index (χ2n) is 2.64. The van der Waals surface area contributed by atoms with E-state index in [-0.39, 0.29) is 6.42 Å². The van der Waals surface area contributed by atoms with Crippen molar-refractivity contribution < 1.29 is 23.1 Å². The van der Waals surface area contributed by atoms with Crippen molar-refractivity contribution in [1.29, 1.82) is 0 Å². The van der Waals surface area contributed by atoms with Gasteiger partial charge >= 0.3 is 6.18 Å². The average Bonchev–Trinajstić information content (AvgIpc) is 1.99. The van der Waals surface area contributed by atoms with Crippen molar-refractivity contribution in [3.05, 3.63) is 0 Å². The Hall–Kier alpha value is -0.780. The van der Waals surface area contributed by atoms with Crippen molar-refractivity contribution in [3.63, 3.8) is 0 Å². The number of halogens is 3. The molecule has 0 saturated carbocycles. The van der Waals surface area contributed by atoms with E-state index >= 15 is 0 Å². The van der Waals surface area contributed by atoms with E-state index in [1.54, 1.807) is 12.2 Å². The zero-order chi connectivity index (χ0) is 10.5. The molecule has 0 bridgehead atoms. The van der Waals surface area contributed by atoms with Crippen molar-refractivity contribution in [3.8, 4) is 0 Å². The van der Waals surface area contributed by atoms with Gasteiger partial charge in [0.2, 0.25) is 5.91 Å². The molecule has 0 radical (unpaired) electrons. The summed E-state index contributed by atoms with van der Waals surface area (Å²) in [7, 11) is 0. The molecule has 13 heavy (non-hydrogen) atoms. The van der Waals surface area contributed by atoms with Crippen LogP contribution in [-0.2, 0) is 4.79 Å². The highest BCUT2D eigenvalue weighted by atomic mass is 19.4. The summed E-state index contributed by atoms with van der Waals surface area (Å²) in [6.45, 7) is 0.326. The van der Waals surface area contributed by atoms with Gasteiger partial charge in [-0.25, -0.2) is 0 Å². The van der Waals surface area contributed by atoms with Crippen LogP contribution in [0, 0.1) is 0 Å². The first-order chi connectivity index (χ1) is 5.87. The average molecular weight is 199 g/mol. The lowest BCUT2D eigenvalue weighted by Gasteiger charge is -2.11. The third-order valence-corrected chi connectivity index (χ3v) is 1.33. The highest BCUT2D eigenvalue weighted by Crippen LogP contribution is 2.12. The number of hydrogen-bond acceptors (Lipinski definition) is 2. The molecule has 6 heteroatoms. The Kier molecular flexibility index (Phi) is 4.76. The Morgan fingerprint density at radius 1 is 1.54 bits per heavy atom. The molecule has 78 valence electrons. The molecule has 2 N–H and O–H groups in total. The highest BCUT2D eigenvalue weighted by Gasteiger charge is 2.28. The third-order valence-electron chi connectivity index (χ3n) is 1.33. The molecular weight excluding hydrogens is 187 g/mol. The van der Waals surface area contributed by atoms with Crippen LogP contribution < -0.4 is 5.32 Å². The minimum absolute atomic E-state index is 0.170. The van der Waals surface area contributed by atoms with Crippen LogP contribution in [0.25, 0.3) is 0 Å². The number of alkyl halides is 3. The molecule has 1 unspecified atom stereocenters. The summed E-state index contributed by atoms with van der Waals surface area (Å²) in [4.78, 5) is 10.7. The molecule has 0 aromatic heterocycles. The summed E-state index contributed by atoms with van der Waals surface area (Å²) >= 11 is 0. The molecule has 0 aliphatic carbocycles. The number of carbonyl (C=O) groups excluding carboxylic acids is 1. The fraction of sp³-hybridized carbons (Fsp3) is 0.857. The third kappa shape index (κ3) is 6.39. The number of aliphatic hydroxyl groups is 1. The van der Waals surface area contributed by atoms with E-state index in [0.29, 0.717) is 6.42 Å². The molecule has 0 rings (SSSR count). The van der Waals surface area contributed by atoms with E-state index in [0.717, 1.165) is 0 Å². The van der Waals surface area contributed by atoms with Gasteiger partial charge in [0.1, 0.15) is 12.6 Å². The van der Waals surface area contributed by atoms with E-state index < -0.39 is 24.7 Å². The first kappa shape index (κ1) is 12.2. The molecule has 0 fully saturated rings. The number of rotatable bonds is 4. The normalized spacial score (nSPS) is 13.9. The fourth-order valence-corrected chi connectivity index (χ4v) is 0.710. The van der Waals surface area contributed by atoms with Crippen LogP contribution in [0.15, 0.2) is 0 Å². The molecule has 1 amide bonds. The molecule has 0 aromatic carbocycles. The van der Waals surface area contributed by atoms with Crippen molar-refractivity contribution in [1.82, 2.24) is 5.32 Å². The van der Waals surface area contributed by atoms with Gasteiger partial charge in [-0.05, 0) is 6.42 Å². The SMILES string of the molecule is CCCC(O)C(=O)NCC(F)(F)F. The predicted molar refractivity (Wildman–Crippen MR) is 40.0 cm³/mol. The minimum atomic E-state index is -4.43. The summed E-state index contributed by atoms with van der Waals surface area (Å²) in [5, 5.41) is 10.5. The highest BCUT2D eigenvalue weighted by molar-refractivity contribution is 5.80. The van der Waals surface area contributed by atoms with Crippen LogP contribution in [0.5, 0.6) is 0 Å². The van der Waals surface area contributed by atoms with Gasteiger partial charge in [0.15, 0.2) is 0 Å². The largest absolute Gasteiger partial charge is 0.405 e. The Bertz CT molecular complexity index is 170. The lowest BCUT2D eigenvalue weighted by Crippen LogP contribution is -2.40.